The lowest BCUT2D eigenvalue weighted by Gasteiger charge is -2.34. The fraction of sp³-hybridized carbons (Fsp3) is 0.769. The van der Waals surface area contributed by atoms with Crippen LogP contribution in [0.5, 0.6) is 0 Å². The van der Waals surface area contributed by atoms with Gasteiger partial charge >= 0.3 is 0 Å². The van der Waals surface area contributed by atoms with E-state index in [0.29, 0.717) is 31.3 Å². The smallest absolute Gasteiger partial charge is 0.245 e. The molecule has 0 aromatic rings. The SMILES string of the molecule is CC(=O)NCC1CCN(C(=O)C(CS)NC(C)=O)CC1. The highest BCUT2D eigenvalue weighted by Gasteiger charge is 2.27. The van der Waals surface area contributed by atoms with Crippen molar-refractivity contribution in [2.45, 2.75) is 32.7 Å². The summed E-state index contributed by atoms with van der Waals surface area (Å²) < 4.78 is 0. The highest BCUT2D eigenvalue weighted by Crippen LogP contribution is 2.17. The molecule has 1 heterocycles. The van der Waals surface area contributed by atoms with Crippen molar-refractivity contribution in [1.29, 1.82) is 0 Å². The molecule has 3 amide bonds. The van der Waals surface area contributed by atoms with Gasteiger partial charge in [0.15, 0.2) is 0 Å². The maximum Gasteiger partial charge on any atom is 0.245 e. The van der Waals surface area contributed by atoms with Crippen LogP contribution in [0.1, 0.15) is 26.7 Å². The zero-order valence-corrected chi connectivity index (χ0v) is 12.9. The summed E-state index contributed by atoms with van der Waals surface area (Å²) >= 11 is 4.11. The first kappa shape index (κ1) is 16.8. The molecule has 1 rings (SSSR count). The molecule has 6 nitrogen and oxygen atoms in total. The van der Waals surface area contributed by atoms with Crippen LogP contribution in [0.15, 0.2) is 0 Å². The highest BCUT2D eigenvalue weighted by molar-refractivity contribution is 7.80. The molecule has 0 radical (unpaired) electrons. The van der Waals surface area contributed by atoms with Gasteiger partial charge in [0.1, 0.15) is 6.04 Å². The van der Waals surface area contributed by atoms with Crippen LogP contribution in [0.2, 0.25) is 0 Å². The van der Waals surface area contributed by atoms with Crippen LogP contribution >= 0.6 is 12.6 Å². The van der Waals surface area contributed by atoms with Gasteiger partial charge in [-0.15, -0.1) is 0 Å². The number of piperidine rings is 1. The Morgan fingerprint density at radius 1 is 1.20 bits per heavy atom. The molecular weight excluding hydrogens is 278 g/mol. The second-order valence-electron chi connectivity index (χ2n) is 5.14. The second kappa shape index (κ2) is 8.14. The molecule has 1 unspecified atom stereocenters. The molecule has 7 heteroatoms. The lowest BCUT2D eigenvalue weighted by Crippen LogP contribution is -2.51. The van der Waals surface area contributed by atoms with E-state index in [9.17, 15) is 14.4 Å². The lowest BCUT2D eigenvalue weighted by molar-refractivity contribution is -0.136. The molecular formula is C13H23N3O3S. The fourth-order valence-corrected chi connectivity index (χ4v) is 2.54. The first-order valence-electron chi connectivity index (χ1n) is 6.85. The van der Waals surface area contributed by atoms with Crippen molar-refractivity contribution in [2.24, 2.45) is 5.92 Å². The summed E-state index contributed by atoms with van der Waals surface area (Å²) in [6, 6.07) is -0.553. The third-order valence-electron chi connectivity index (χ3n) is 3.42. The van der Waals surface area contributed by atoms with Gasteiger partial charge in [0, 0.05) is 39.2 Å². The number of nitrogens with one attached hydrogen (secondary N) is 2. The van der Waals surface area contributed by atoms with Crippen molar-refractivity contribution >= 4 is 30.4 Å². The molecule has 0 bridgehead atoms. The summed E-state index contributed by atoms with van der Waals surface area (Å²) in [4.78, 5) is 35.9. The Labute approximate surface area is 125 Å². The van der Waals surface area contributed by atoms with E-state index >= 15 is 0 Å². The second-order valence-corrected chi connectivity index (χ2v) is 5.51. The topological polar surface area (TPSA) is 78.5 Å². The quantitative estimate of drug-likeness (QED) is 0.615. The number of likely N-dealkylation sites (tertiary alicyclic amines) is 1. The van der Waals surface area contributed by atoms with E-state index in [1.807, 2.05) is 0 Å². The molecule has 20 heavy (non-hydrogen) atoms. The Bertz CT molecular complexity index is 368. The number of hydrogen-bond acceptors (Lipinski definition) is 4. The lowest BCUT2D eigenvalue weighted by atomic mass is 9.96. The monoisotopic (exact) mass is 301 g/mol. The van der Waals surface area contributed by atoms with Gasteiger partial charge in [-0.1, -0.05) is 0 Å². The van der Waals surface area contributed by atoms with Crippen molar-refractivity contribution in [1.82, 2.24) is 15.5 Å². The van der Waals surface area contributed by atoms with Crippen LogP contribution in [0.3, 0.4) is 0 Å². The highest BCUT2D eigenvalue weighted by atomic mass is 32.1. The number of carbonyl (C=O) groups excluding carboxylic acids is 3. The van der Waals surface area contributed by atoms with E-state index in [0.717, 1.165) is 12.8 Å². The molecule has 1 aliphatic heterocycles. The van der Waals surface area contributed by atoms with E-state index in [1.165, 1.54) is 13.8 Å². The van der Waals surface area contributed by atoms with E-state index in [1.54, 1.807) is 4.90 Å². The molecule has 1 fully saturated rings. The number of amides is 3. The minimum Gasteiger partial charge on any atom is -0.356 e. The van der Waals surface area contributed by atoms with Gasteiger partial charge in [0.2, 0.25) is 17.7 Å². The van der Waals surface area contributed by atoms with E-state index in [4.69, 9.17) is 0 Å². The minimum absolute atomic E-state index is 0.0238. The number of carbonyl (C=O) groups is 3. The summed E-state index contributed by atoms with van der Waals surface area (Å²) in [6.45, 7) is 4.88. The maximum absolute atomic E-state index is 12.2. The summed E-state index contributed by atoms with van der Waals surface area (Å²) in [6.07, 6.45) is 1.73. The normalized spacial score (nSPS) is 17.4. The van der Waals surface area contributed by atoms with Crippen LogP contribution in [0, 0.1) is 5.92 Å². The number of nitrogens with zero attached hydrogens (tertiary/aromatic N) is 1. The summed E-state index contributed by atoms with van der Waals surface area (Å²) in [5.41, 5.74) is 0. The number of thiol groups is 1. The number of hydrogen-bond donors (Lipinski definition) is 3. The molecule has 1 atom stereocenters. The Kier molecular flexibility index (Phi) is 6.84. The minimum atomic E-state index is -0.553. The fourth-order valence-electron chi connectivity index (χ4n) is 2.30. The van der Waals surface area contributed by atoms with Gasteiger partial charge in [-0.2, -0.15) is 12.6 Å². The van der Waals surface area contributed by atoms with Crippen molar-refractivity contribution in [3.63, 3.8) is 0 Å². The summed E-state index contributed by atoms with van der Waals surface area (Å²) in [7, 11) is 0. The van der Waals surface area contributed by atoms with Crippen molar-refractivity contribution in [2.75, 3.05) is 25.4 Å². The van der Waals surface area contributed by atoms with E-state index in [2.05, 4.69) is 23.3 Å². The summed E-state index contributed by atoms with van der Waals surface area (Å²) in [5.74, 6) is 0.387. The standard InChI is InChI=1S/C13H23N3O3S/c1-9(17)14-7-11-3-5-16(6-4-11)13(19)12(8-20)15-10(2)18/h11-12,20H,3-8H2,1-2H3,(H,14,17)(H,15,18). The molecule has 2 N–H and O–H groups in total. The first-order chi connectivity index (χ1) is 9.43. The average molecular weight is 301 g/mol. The van der Waals surface area contributed by atoms with Crippen LogP contribution in [-0.4, -0.2) is 54.1 Å². The maximum atomic E-state index is 12.2. The molecule has 0 spiro atoms. The largest absolute Gasteiger partial charge is 0.356 e. The van der Waals surface area contributed by atoms with Crippen molar-refractivity contribution < 1.29 is 14.4 Å². The molecule has 1 aliphatic rings. The van der Waals surface area contributed by atoms with Gasteiger partial charge in [0.25, 0.3) is 0 Å². The number of rotatable bonds is 5. The predicted molar refractivity (Wildman–Crippen MR) is 79.4 cm³/mol. The van der Waals surface area contributed by atoms with Crippen LogP contribution in [0.4, 0.5) is 0 Å². The molecule has 0 saturated carbocycles. The van der Waals surface area contributed by atoms with Gasteiger partial charge in [-0.05, 0) is 18.8 Å². The van der Waals surface area contributed by atoms with Crippen molar-refractivity contribution in [3.05, 3.63) is 0 Å². The zero-order chi connectivity index (χ0) is 15.1. The summed E-state index contributed by atoms with van der Waals surface area (Å²) in [5, 5.41) is 5.42. The Balaban J connectivity index is 2.41. The average Bonchev–Trinajstić information content (AvgIpc) is 2.42. The van der Waals surface area contributed by atoms with Crippen LogP contribution in [0.25, 0.3) is 0 Å². The molecule has 0 aromatic heterocycles. The van der Waals surface area contributed by atoms with E-state index < -0.39 is 6.04 Å². The molecule has 1 saturated heterocycles. The van der Waals surface area contributed by atoms with Gasteiger partial charge in [-0.25, -0.2) is 0 Å². The third-order valence-corrected chi connectivity index (χ3v) is 3.79. The van der Waals surface area contributed by atoms with Crippen LogP contribution < -0.4 is 10.6 Å². The van der Waals surface area contributed by atoms with Gasteiger partial charge in [0.05, 0.1) is 0 Å². The van der Waals surface area contributed by atoms with Crippen LogP contribution in [-0.2, 0) is 14.4 Å². The Morgan fingerprint density at radius 3 is 2.25 bits per heavy atom. The predicted octanol–water partition coefficient (Wildman–Crippen LogP) is -0.204. The van der Waals surface area contributed by atoms with Crippen molar-refractivity contribution in [3.8, 4) is 0 Å². The van der Waals surface area contributed by atoms with Gasteiger partial charge < -0.3 is 15.5 Å². The molecule has 0 aliphatic carbocycles. The van der Waals surface area contributed by atoms with E-state index in [-0.39, 0.29) is 17.7 Å². The zero-order valence-electron chi connectivity index (χ0n) is 12.0. The molecule has 0 aromatic carbocycles. The Morgan fingerprint density at radius 2 is 1.80 bits per heavy atom. The third kappa shape index (κ3) is 5.40. The first-order valence-corrected chi connectivity index (χ1v) is 7.48. The molecule has 114 valence electrons. The van der Waals surface area contributed by atoms with Gasteiger partial charge in [-0.3, -0.25) is 14.4 Å². The Hall–Kier alpha value is -1.24.